The number of imide groups is 2. The van der Waals surface area contributed by atoms with Gasteiger partial charge < -0.3 is 14.6 Å². The molecule has 3 heterocycles. The number of anilines is 2. The van der Waals surface area contributed by atoms with Gasteiger partial charge in [-0.2, -0.15) is 23.2 Å². The summed E-state index contributed by atoms with van der Waals surface area (Å²) in [5.74, 6) is -8.30. The number of nitrogens with zero attached hydrogens (tertiary/aromatic N) is 4. The SMILES string of the molecule is COc1cc(O)c(C2C3=CCC4C(=O)N(N(C)c5nc(C(F)(F)F)ccc5Cl)C(=O)C4C3CC3C(=O)N(Nc4ccc(C)cc4)C(=O)C32c2ccccc2)c(OC)c1. The molecular formula is C42H37ClF3N5O7. The number of carbonyl (C=O) groups excluding carboxylic acids is 4. The van der Waals surface area contributed by atoms with Gasteiger partial charge in [0.2, 0.25) is 0 Å². The maximum atomic E-state index is 15.4. The lowest BCUT2D eigenvalue weighted by Gasteiger charge is -2.50. The number of fused-ring (bicyclic) bond motifs is 4. The predicted octanol–water partition coefficient (Wildman–Crippen LogP) is 6.82. The van der Waals surface area contributed by atoms with E-state index in [0.717, 1.165) is 26.7 Å². The Morgan fingerprint density at radius 1 is 0.931 bits per heavy atom. The summed E-state index contributed by atoms with van der Waals surface area (Å²) >= 11 is 6.32. The highest BCUT2D eigenvalue weighted by Gasteiger charge is 2.71. The highest BCUT2D eigenvalue weighted by molar-refractivity contribution is 6.33. The Labute approximate surface area is 335 Å². The van der Waals surface area contributed by atoms with Crippen LogP contribution in [0.1, 0.15) is 41.1 Å². The van der Waals surface area contributed by atoms with E-state index in [1.807, 2.05) is 19.1 Å². The Kier molecular flexibility index (Phi) is 9.41. The van der Waals surface area contributed by atoms with Crippen LogP contribution in [0, 0.1) is 30.6 Å². The number of carbonyl (C=O) groups is 4. The van der Waals surface area contributed by atoms with E-state index in [1.54, 1.807) is 54.6 Å². The van der Waals surface area contributed by atoms with Crippen LogP contribution in [-0.4, -0.2) is 65.0 Å². The zero-order valence-corrected chi connectivity index (χ0v) is 32.3. The number of rotatable bonds is 8. The van der Waals surface area contributed by atoms with Gasteiger partial charge in [0.1, 0.15) is 22.9 Å². The average molecular weight is 816 g/mol. The third-order valence-electron chi connectivity index (χ3n) is 11.9. The largest absolute Gasteiger partial charge is 0.507 e. The van der Waals surface area contributed by atoms with Crippen molar-refractivity contribution in [2.24, 2.45) is 23.7 Å². The molecule has 2 saturated heterocycles. The van der Waals surface area contributed by atoms with Gasteiger partial charge in [-0.05, 0) is 55.5 Å². The summed E-state index contributed by atoms with van der Waals surface area (Å²) in [6, 6.07) is 20.5. The van der Waals surface area contributed by atoms with Gasteiger partial charge in [0, 0.05) is 30.7 Å². The van der Waals surface area contributed by atoms with E-state index in [4.69, 9.17) is 21.1 Å². The number of aromatic nitrogens is 1. The number of allylic oxidation sites excluding steroid dienone is 2. The minimum atomic E-state index is -4.84. The molecular weight excluding hydrogens is 779 g/mol. The molecule has 1 aromatic heterocycles. The summed E-state index contributed by atoms with van der Waals surface area (Å²) in [7, 11) is 4.04. The molecule has 6 unspecified atom stereocenters. The Bertz CT molecular complexity index is 2390. The fourth-order valence-corrected chi connectivity index (χ4v) is 9.64. The topological polar surface area (TPSA) is 142 Å². The Hall–Kier alpha value is -6.09. The molecule has 0 bridgehead atoms. The lowest BCUT2D eigenvalue weighted by Crippen LogP contribution is -2.53. The van der Waals surface area contributed by atoms with Crippen molar-refractivity contribution in [1.29, 1.82) is 0 Å². The van der Waals surface area contributed by atoms with Gasteiger partial charge in [-0.3, -0.25) is 29.6 Å². The van der Waals surface area contributed by atoms with E-state index in [0.29, 0.717) is 22.9 Å². The van der Waals surface area contributed by atoms with E-state index >= 15 is 4.79 Å². The summed E-state index contributed by atoms with van der Waals surface area (Å²) in [4.78, 5) is 63.0. The molecule has 0 spiro atoms. The maximum Gasteiger partial charge on any atom is 0.433 e. The monoisotopic (exact) mass is 815 g/mol. The van der Waals surface area contributed by atoms with Crippen molar-refractivity contribution in [3.8, 4) is 17.2 Å². The third-order valence-corrected chi connectivity index (χ3v) is 12.2. The van der Waals surface area contributed by atoms with Crippen molar-refractivity contribution in [3.05, 3.63) is 118 Å². The highest BCUT2D eigenvalue weighted by atomic mass is 35.5. The van der Waals surface area contributed by atoms with Crippen molar-refractivity contribution in [2.75, 3.05) is 31.7 Å². The number of benzene rings is 3. The first kappa shape index (κ1) is 38.8. The van der Waals surface area contributed by atoms with E-state index < -0.39 is 76.3 Å². The first-order chi connectivity index (χ1) is 27.6. The van der Waals surface area contributed by atoms with Crippen LogP contribution in [0.5, 0.6) is 17.2 Å². The summed E-state index contributed by atoms with van der Waals surface area (Å²) in [5, 5.41) is 14.4. The van der Waals surface area contributed by atoms with E-state index in [9.17, 15) is 32.7 Å². The minimum absolute atomic E-state index is 0.00605. The number of hydrogen-bond donors (Lipinski definition) is 2. The van der Waals surface area contributed by atoms with Crippen LogP contribution in [0.3, 0.4) is 0 Å². The number of hydrazine groups is 2. The second-order valence-corrected chi connectivity index (χ2v) is 15.3. The van der Waals surface area contributed by atoms with Crippen LogP contribution in [0.25, 0.3) is 0 Å². The number of methoxy groups -OCH3 is 2. The van der Waals surface area contributed by atoms with Crippen molar-refractivity contribution in [1.82, 2.24) is 15.0 Å². The molecule has 2 N–H and O–H groups in total. The Morgan fingerprint density at radius 3 is 2.29 bits per heavy atom. The zero-order chi connectivity index (χ0) is 41.4. The number of nitrogens with one attached hydrogen (secondary N) is 1. The zero-order valence-electron chi connectivity index (χ0n) is 31.6. The van der Waals surface area contributed by atoms with E-state index in [2.05, 4.69) is 10.4 Å². The molecule has 3 fully saturated rings. The van der Waals surface area contributed by atoms with Crippen molar-refractivity contribution in [2.45, 2.75) is 37.3 Å². The standard InChI is InChI=1S/C42H37ClF3N5O7/c1-21-10-12-23(13-11-21)48-50-38(54)28-20-27-25(14-15-26-33(27)39(55)51(37(26)53)49(2)36-29(43)16-17-32(47-36)42(44,45)46)35(34-30(52)18-24(57-3)19-31(34)58-4)41(28,40(50)56)22-8-6-5-7-9-22/h5-14,16-19,26-28,33,35,48,52H,15,20H2,1-4H3. The second kappa shape index (κ2) is 14.1. The molecule has 1 saturated carbocycles. The fourth-order valence-electron chi connectivity index (χ4n) is 9.42. The predicted molar refractivity (Wildman–Crippen MR) is 205 cm³/mol. The van der Waals surface area contributed by atoms with Crippen LogP contribution in [0.15, 0.2) is 90.5 Å². The lowest BCUT2D eigenvalue weighted by molar-refractivity contribution is -0.142. The van der Waals surface area contributed by atoms with E-state index in [1.165, 1.54) is 27.3 Å². The quantitative estimate of drug-likeness (QED) is 0.144. The van der Waals surface area contributed by atoms with Crippen LogP contribution in [0.4, 0.5) is 24.7 Å². The number of aromatic hydroxyl groups is 1. The molecule has 0 radical (unpaired) electrons. The molecule has 16 heteroatoms. The molecule has 12 nitrogen and oxygen atoms in total. The number of phenols is 1. The first-order valence-corrected chi connectivity index (χ1v) is 18.8. The molecule has 300 valence electrons. The molecule has 2 aliphatic heterocycles. The fraction of sp³-hybridized carbons (Fsp3) is 0.310. The first-order valence-electron chi connectivity index (χ1n) is 18.4. The number of alkyl halides is 3. The molecule has 4 aromatic rings. The molecule has 4 amide bonds. The smallest absolute Gasteiger partial charge is 0.433 e. The number of halogens is 4. The van der Waals surface area contributed by atoms with Gasteiger partial charge in [-0.15, -0.1) is 0 Å². The number of phenolic OH excluding ortho intramolecular Hbond substituents is 1. The van der Waals surface area contributed by atoms with Gasteiger partial charge in [0.25, 0.3) is 23.6 Å². The van der Waals surface area contributed by atoms with Crippen LogP contribution in [0.2, 0.25) is 5.02 Å². The van der Waals surface area contributed by atoms with E-state index in [-0.39, 0.29) is 40.7 Å². The summed E-state index contributed by atoms with van der Waals surface area (Å²) in [6.45, 7) is 1.90. The number of amides is 4. The van der Waals surface area contributed by atoms with Crippen LogP contribution >= 0.6 is 11.6 Å². The van der Waals surface area contributed by atoms with Gasteiger partial charge in [0.05, 0.1) is 48.1 Å². The number of hydrogen-bond acceptors (Lipinski definition) is 10. The van der Waals surface area contributed by atoms with Crippen molar-refractivity contribution < 1.29 is 46.9 Å². The van der Waals surface area contributed by atoms with Gasteiger partial charge >= 0.3 is 6.18 Å². The average Bonchev–Trinajstić information content (AvgIpc) is 3.58. The maximum absolute atomic E-state index is 15.4. The Morgan fingerprint density at radius 2 is 1.64 bits per heavy atom. The molecule has 3 aromatic carbocycles. The lowest BCUT2D eigenvalue weighted by atomic mass is 9.49. The summed E-state index contributed by atoms with van der Waals surface area (Å²) in [5.41, 5.74) is 2.59. The van der Waals surface area contributed by atoms with Crippen molar-refractivity contribution >= 4 is 46.7 Å². The number of ether oxygens (including phenoxy) is 2. The molecule has 4 aliphatic rings. The summed E-state index contributed by atoms with van der Waals surface area (Å²) in [6.07, 6.45) is -3.14. The number of pyridine rings is 1. The van der Waals surface area contributed by atoms with Crippen LogP contribution in [-0.2, 0) is 30.8 Å². The van der Waals surface area contributed by atoms with Crippen LogP contribution < -0.4 is 19.9 Å². The van der Waals surface area contributed by atoms with Gasteiger partial charge in [-0.25, -0.2) is 4.98 Å². The second-order valence-electron chi connectivity index (χ2n) is 14.9. The van der Waals surface area contributed by atoms with Gasteiger partial charge in [-0.1, -0.05) is 71.3 Å². The normalized spacial score (nSPS) is 25.2. The number of aryl methyl sites for hydroxylation is 1. The molecule has 2 aliphatic carbocycles. The molecule has 8 rings (SSSR count). The Balaban J connectivity index is 1.31. The highest BCUT2D eigenvalue weighted by Crippen LogP contribution is 2.66. The van der Waals surface area contributed by atoms with Crippen molar-refractivity contribution in [3.63, 3.8) is 0 Å². The third kappa shape index (κ3) is 5.77. The summed E-state index contributed by atoms with van der Waals surface area (Å²) < 4.78 is 52.5. The van der Waals surface area contributed by atoms with Gasteiger partial charge in [0.15, 0.2) is 5.82 Å². The minimum Gasteiger partial charge on any atom is -0.507 e. The molecule has 58 heavy (non-hydrogen) atoms. The molecule has 6 atom stereocenters.